The molecule has 0 fully saturated rings. The second-order valence-electron chi connectivity index (χ2n) is 10.8. The van der Waals surface area contributed by atoms with Gasteiger partial charge >= 0.3 is 0 Å². The maximum absolute atomic E-state index is 14.5. The molecule has 0 heterocycles. The fourth-order valence-corrected chi connectivity index (χ4v) is 6.44. The van der Waals surface area contributed by atoms with Gasteiger partial charge in [-0.1, -0.05) is 101 Å². The van der Waals surface area contributed by atoms with E-state index in [4.69, 9.17) is 0 Å². The van der Waals surface area contributed by atoms with E-state index >= 15 is 0 Å². The molecule has 0 aliphatic heterocycles. The molecular formula is C35H38BrN3O4S. The number of benzene rings is 4. The van der Waals surface area contributed by atoms with Crippen LogP contribution in [0.25, 0.3) is 0 Å². The van der Waals surface area contributed by atoms with Crippen molar-refractivity contribution in [3.63, 3.8) is 0 Å². The number of hydrogen-bond donors (Lipinski definition) is 1. The van der Waals surface area contributed by atoms with Crippen molar-refractivity contribution in [3.8, 4) is 0 Å². The van der Waals surface area contributed by atoms with E-state index in [2.05, 4.69) is 21.2 Å². The standard InChI is InChI=1S/C35H38BrN3O4S/c1-4-27(3)37-35(41)33(23-28-11-7-5-8-12-28)38(24-29-17-19-30(36)20-18-29)34(40)25-39(31-21-15-26(2)16-22-31)44(42,43)32-13-9-6-10-14-32/h5-22,27,33H,4,23-25H2,1-3H3,(H,37,41)/t27-,33-/m0/s1. The van der Waals surface area contributed by atoms with Gasteiger partial charge in [0.15, 0.2) is 0 Å². The first-order valence-electron chi connectivity index (χ1n) is 14.6. The second kappa shape index (κ2) is 15.2. The first kappa shape index (κ1) is 33.0. The van der Waals surface area contributed by atoms with E-state index in [1.807, 2.05) is 87.5 Å². The first-order valence-corrected chi connectivity index (χ1v) is 16.8. The van der Waals surface area contributed by atoms with Crippen molar-refractivity contribution in [1.82, 2.24) is 10.2 Å². The highest BCUT2D eigenvalue weighted by Crippen LogP contribution is 2.25. The van der Waals surface area contributed by atoms with E-state index in [-0.39, 0.29) is 29.8 Å². The lowest BCUT2D eigenvalue weighted by Gasteiger charge is -2.34. The molecule has 1 N–H and O–H groups in total. The molecule has 4 rings (SSSR count). The van der Waals surface area contributed by atoms with E-state index < -0.39 is 28.5 Å². The van der Waals surface area contributed by atoms with Crippen molar-refractivity contribution in [2.24, 2.45) is 0 Å². The number of nitrogens with one attached hydrogen (secondary N) is 1. The summed E-state index contributed by atoms with van der Waals surface area (Å²) >= 11 is 3.46. The van der Waals surface area contributed by atoms with Gasteiger partial charge in [0.2, 0.25) is 11.8 Å². The predicted octanol–water partition coefficient (Wildman–Crippen LogP) is 6.51. The van der Waals surface area contributed by atoms with Gasteiger partial charge in [-0.25, -0.2) is 8.42 Å². The Labute approximate surface area is 269 Å². The maximum Gasteiger partial charge on any atom is 0.264 e. The Hall–Kier alpha value is -3.95. The van der Waals surface area contributed by atoms with Gasteiger partial charge in [0, 0.05) is 23.5 Å². The maximum atomic E-state index is 14.5. The summed E-state index contributed by atoms with van der Waals surface area (Å²) in [5, 5.41) is 3.06. The van der Waals surface area contributed by atoms with Gasteiger partial charge < -0.3 is 10.2 Å². The summed E-state index contributed by atoms with van der Waals surface area (Å²) in [5.74, 6) is -0.783. The molecule has 0 aromatic heterocycles. The summed E-state index contributed by atoms with van der Waals surface area (Å²) in [7, 11) is -4.12. The van der Waals surface area contributed by atoms with Crippen molar-refractivity contribution in [1.29, 1.82) is 0 Å². The van der Waals surface area contributed by atoms with E-state index in [1.165, 1.54) is 17.0 Å². The summed E-state index contributed by atoms with van der Waals surface area (Å²) in [6.07, 6.45) is 0.988. The first-order chi connectivity index (χ1) is 21.1. The fraction of sp³-hybridized carbons (Fsp3) is 0.257. The molecule has 4 aromatic carbocycles. The van der Waals surface area contributed by atoms with Crippen LogP contribution in [-0.4, -0.2) is 43.8 Å². The molecule has 2 atom stereocenters. The molecule has 0 radical (unpaired) electrons. The third-order valence-electron chi connectivity index (χ3n) is 7.47. The average molecular weight is 677 g/mol. The summed E-state index contributed by atoms with van der Waals surface area (Å²) in [4.78, 5) is 29.9. The Morgan fingerprint density at radius 3 is 2.00 bits per heavy atom. The van der Waals surface area contributed by atoms with Crippen LogP contribution < -0.4 is 9.62 Å². The molecule has 230 valence electrons. The number of halogens is 1. The Morgan fingerprint density at radius 1 is 0.818 bits per heavy atom. The van der Waals surface area contributed by atoms with Crippen LogP contribution in [0, 0.1) is 6.92 Å². The second-order valence-corrected chi connectivity index (χ2v) is 13.6. The van der Waals surface area contributed by atoms with Crippen LogP contribution in [-0.2, 0) is 32.6 Å². The van der Waals surface area contributed by atoms with Crippen molar-refractivity contribution in [2.75, 3.05) is 10.8 Å². The lowest BCUT2D eigenvalue weighted by Crippen LogP contribution is -2.54. The number of amides is 2. The summed E-state index contributed by atoms with van der Waals surface area (Å²) in [5.41, 5.74) is 3.01. The highest BCUT2D eigenvalue weighted by molar-refractivity contribution is 9.10. The van der Waals surface area contributed by atoms with Gasteiger partial charge in [0.05, 0.1) is 10.6 Å². The van der Waals surface area contributed by atoms with Crippen molar-refractivity contribution < 1.29 is 18.0 Å². The largest absolute Gasteiger partial charge is 0.352 e. The lowest BCUT2D eigenvalue weighted by molar-refractivity contribution is -0.140. The zero-order valence-corrected chi connectivity index (χ0v) is 27.6. The smallest absolute Gasteiger partial charge is 0.264 e. The number of anilines is 1. The van der Waals surface area contributed by atoms with Crippen LogP contribution in [0.4, 0.5) is 5.69 Å². The molecule has 0 bridgehead atoms. The van der Waals surface area contributed by atoms with E-state index in [0.717, 1.165) is 31.9 Å². The van der Waals surface area contributed by atoms with Crippen LogP contribution in [0.3, 0.4) is 0 Å². The zero-order chi connectivity index (χ0) is 31.7. The van der Waals surface area contributed by atoms with Crippen molar-refractivity contribution in [2.45, 2.75) is 57.1 Å². The van der Waals surface area contributed by atoms with E-state index in [1.54, 1.807) is 30.3 Å². The minimum Gasteiger partial charge on any atom is -0.352 e. The minimum atomic E-state index is -4.12. The Bertz CT molecular complexity index is 1630. The molecule has 0 unspecified atom stereocenters. The van der Waals surface area contributed by atoms with Gasteiger partial charge in [-0.15, -0.1) is 0 Å². The van der Waals surface area contributed by atoms with E-state index in [9.17, 15) is 18.0 Å². The average Bonchev–Trinajstić information content (AvgIpc) is 3.03. The number of carbonyl (C=O) groups is 2. The van der Waals surface area contributed by atoms with E-state index in [0.29, 0.717) is 5.69 Å². The Kier molecular flexibility index (Phi) is 11.4. The van der Waals surface area contributed by atoms with Crippen molar-refractivity contribution in [3.05, 3.63) is 130 Å². The van der Waals surface area contributed by atoms with Crippen molar-refractivity contribution >= 4 is 43.5 Å². The number of carbonyl (C=O) groups excluding carboxylic acids is 2. The Morgan fingerprint density at radius 2 is 1.41 bits per heavy atom. The molecule has 7 nitrogen and oxygen atoms in total. The molecular weight excluding hydrogens is 638 g/mol. The van der Waals surface area contributed by atoms with Gasteiger partial charge in [-0.05, 0) is 67.8 Å². The molecule has 9 heteroatoms. The van der Waals surface area contributed by atoms with Crippen LogP contribution in [0.1, 0.15) is 37.0 Å². The highest BCUT2D eigenvalue weighted by Gasteiger charge is 2.34. The highest BCUT2D eigenvalue weighted by atomic mass is 79.9. The number of nitrogens with zero attached hydrogens (tertiary/aromatic N) is 2. The monoisotopic (exact) mass is 675 g/mol. The van der Waals surface area contributed by atoms with Crippen LogP contribution in [0.5, 0.6) is 0 Å². The van der Waals surface area contributed by atoms with Gasteiger partial charge in [0.25, 0.3) is 10.0 Å². The normalized spacial score (nSPS) is 12.6. The molecule has 2 amide bonds. The number of aryl methyl sites for hydroxylation is 1. The van der Waals surface area contributed by atoms with Crippen LogP contribution in [0.2, 0.25) is 0 Å². The third-order valence-corrected chi connectivity index (χ3v) is 9.79. The third kappa shape index (κ3) is 8.57. The molecule has 0 spiro atoms. The number of rotatable bonds is 13. The van der Waals surface area contributed by atoms with Gasteiger partial charge in [-0.3, -0.25) is 13.9 Å². The molecule has 0 saturated carbocycles. The van der Waals surface area contributed by atoms with Crippen LogP contribution >= 0.6 is 15.9 Å². The lowest BCUT2D eigenvalue weighted by atomic mass is 10.0. The summed E-state index contributed by atoms with van der Waals surface area (Å²) < 4.78 is 30.1. The van der Waals surface area contributed by atoms with Gasteiger partial charge in [0.1, 0.15) is 12.6 Å². The van der Waals surface area contributed by atoms with Crippen LogP contribution in [0.15, 0.2) is 119 Å². The molecule has 0 aliphatic carbocycles. The molecule has 0 aliphatic rings. The molecule has 0 saturated heterocycles. The summed E-state index contributed by atoms with van der Waals surface area (Å²) in [6, 6.07) is 31.1. The number of hydrogen-bond acceptors (Lipinski definition) is 4. The summed E-state index contributed by atoms with van der Waals surface area (Å²) in [6.45, 7) is 5.44. The zero-order valence-electron chi connectivity index (χ0n) is 25.2. The topological polar surface area (TPSA) is 86.8 Å². The quantitative estimate of drug-likeness (QED) is 0.175. The predicted molar refractivity (Wildman–Crippen MR) is 179 cm³/mol. The van der Waals surface area contributed by atoms with Gasteiger partial charge in [-0.2, -0.15) is 0 Å². The SMILES string of the molecule is CC[C@H](C)NC(=O)[C@H](Cc1ccccc1)N(Cc1ccc(Br)cc1)C(=O)CN(c1ccc(C)cc1)S(=O)(=O)c1ccccc1. The molecule has 44 heavy (non-hydrogen) atoms. The Balaban J connectivity index is 1.79. The minimum absolute atomic E-state index is 0.0724. The molecule has 4 aromatic rings. The number of sulfonamides is 1. The fourth-order valence-electron chi connectivity index (χ4n) is 4.74.